The molecule has 0 heterocycles. The van der Waals surface area contributed by atoms with Crippen molar-refractivity contribution in [3.63, 3.8) is 0 Å². The lowest BCUT2D eigenvalue weighted by Crippen LogP contribution is -1.93. The number of aromatic hydroxyl groups is 1. The monoisotopic (exact) mass is 276 g/mol. The molecule has 0 fully saturated rings. The Balaban J connectivity index is 0.000000956. The third kappa shape index (κ3) is 3.36. The first-order valence-electron chi connectivity index (χ1n) is 6.73. The maximum Gasteiger partial charge on any atom is 0.128 e. The van der Waals surface area contributed by atoms with Gasteiger partial charge in [-0.15, -0.1) is 0 Å². The first-order valence-corrected chi connectivity index (χ1v) is 6.73. The zero-order chi connectivity index (χ0) is 15.3. The van der Waals surface area contributed by atoms with Crippen molar-refractivity contribution in [2.75, 3.05) is 0 Å². The molecule has 0 amide bonds. The van der Waals surface area contributed by atoms with Gasteiger partial charge in [0.25, 0.3) is 0 Å². The van der Waals surface area contributed by atoms with Crippen LogP contribution in [0.15, 0.2) is 30.3 Å². The highest BCUT2D eigenvalue weighted by Gasteiger charge is 2.10. The Kier molecular flexibility index (Phi) is 5.71. The van der Waals surface area contributed by atoms with Gasteiger partial charge in [-0.2, -0.15) is 0 Å². The molecular weight excluding hydrogens is 255 g/mol. The number of phenolic OH excluding ortho intramolecular Hbond substituents is 1. The van der Waals surface area contributed by atoms with Crippen LogP contribution in [0.2, 0.25) is 0 Å². The molecule has 0 atom stereocenters. The van der Waals surface area contributed by atoms with Crippen LogP contribution in [0.25, 0.3) is 11.1 Å². The highest BCUT2D eigenvalue weighted by Crippen LogP contribution is 2.31. The van der Waals surface area contributed by atoms with Crippen LogP contribution in [0.1, 0.15) is 30.5 Å². The van der Waals surface area contributed by atoms with Gasteiger partial charge in [-0.3, -0.25) is 0 Å². The van der Waals surface area contributed by atoms with E-state index in [-0.39, 0.29) is 17.9 Å². The van der Waals surface area contributed by atoms with Gasteiger partial charge >= 0.3 is 0 Å². The molecule has 0 radical (unpaired) electrons. The molecule has 2 N–H and O–H groups in total. The summed E-state index contributed by atoms with van der Waals surface area (Å²) in [7, 11) is 0. The molecule has 108 valence electrons. The van der Waals surface area contributed by atoms with Gasteiger partial charge in [0.2, 0.25) is 0 Å². The minimum Gasteiger partial charge on any atom is -0.508 e. The first-order chi connectivity index (χ1) is 9.52. The summed E-state index contributed by atoms with van der Waals surface area (Å²) in [6, 6.07) is 8.02. The van der Waals surface area contributed by atoms with Crippen molar-refractivity contribution < 1.29 is 14.6 Å². The van der Waals surface area contributed by atoms with Crippen LogP contribution in [-0.4, -0.2) is 10.2 Å². The quantitative estimate of drug-likeness (QED) is 0.857. The summed E-state index contributed by atoms with van der Waals surface area (Å²) in [6.45, 7) is 7.46. The zero-order valence-corrected chi connectivity index (χ0v) is 12.4. The maximum atomic E-state index is 13.4. The van der Waals surface area contributed by atoms with Gasteiger partial charge in [0.05, 0.1) is 6.61 Å². The van der Waals surface area contributed by atoms with E-state index in [1.807, 2.05) is 27.7 Å². The number of rotatable bonds is 2. The van der Waals surface area contributed by atoms with Gasteiger partial charge in [0.15, 0.2) is 0 Å². The Morgan fingerprint density at radius 1 is 1.00 bits per heavy atom. The average molecular weight is 276 g/mol. The second-order valence-corrected chi connectivity index (χ2v) is 4.42. The lowest BCUT2D eigenvalue weighted by atomic mass is 9.94. The van der Waals surface area contributed by atoms with Crippen LogP contribution >= 0.6 is 0 Å². The molecule has 0 bridgehead atoms. The number of benzene rings is 2. The average Bonchev–Trinajstić information content (AvgIpc) is 2.41. The molecule has 0 unspecified atom stereocenters. The fraction of sp³-hybridized carbons (Fsp3) is 0.294. The van der Waals surface area contributed by atoms with E-state index in [1.54, 1.807) is 24.3 Å². The molecule has 0 aliphatic heterocycles. The molecule has 2 aromatic carbocycles. The zero-order valence-electron chi connectivity index (χ0n) is 12.4. The third-order valence-electron chi connectivity index (χ3n) is 3.02. The van der Waals surface area contributed by atoms with Gasteiger partial charge in [-0.05, 0) is 60.4 Å². The van der Waals surface area contributed by atoms with Crippen LogP contribution in [0.5, 0.6) is 5.75 Å². The van der Waals surface area contributed by atoms with Gasteiger partial charge < -0.3 is 10.2 Å². The van der Waals surface area contributed by atoms with E-state index in [1.165, 1.54) is 6.07 Å². The number of halogens is 1. The molecule has 2 aromatic rings. The van der Waals surface area contributed by atoms with Gasteiger partial charge in [-0.25, -0.2) is 4.39 Å². The Morgan fingerprint density at radius 3 is 2.05 bits per heavy atom. The summed E-state index contributed by atoms with van der Waals surface area (Å²) in [5.74, 6) is -0.187. The van der Waals surface area contributed by atoms with E-state index in [9.17, 15) is 9.50 Å². The second-order valence-electron chi connectivity index (χ2n) is 4.42. The molecular formula is C17H21FO2. The molecule has 2 nitrogen and oxygen atoms in total. The van der Waals surface area contributed by atoms with Crippen molar-refractivity contribution in [2.24, 2.45) is 0 Å². The predicted octanol–water partition coefficient (Wildman–Crippen LogP) is 4.33. The van der Waals surface area contributed by atoms with Crippen molar-refractivity contribution in [1.29, 1.82) is 0 Å². The topological polar surface area (TPSA) is 40.5 Å². The number of aliphatic hydroxyl groups excluding tert-OH is 1. The molecule has 0 saturated carbocycles. The molecule has 0 aromatic heterocycles. The molecule has 0 saturated heterocycles. The number of aryl methyl sites for hydroxylation is 2. The lowest BCUT2D eigenvalue weighted by Gasteiger charge is -2.12. The normalized spacial score (nSPS) is 9.90. The number of hydrogen-bond donors (Lipinski definition) is 2. The Morgan fingerprint density at radius 2 is 1.55 bits per heavy atom. The van der Waals surface area contributed by atoms with Gasteiger partial charge in [0.1, 0.15) is 11.6 Å². The van der Waals surface area contributed by atoms with Gasteiger partial charge in [-0.1, -0.05) is 19.9 Å². The largest absolute Gasteiger partial charge is 0.508 e. The van der Waals surface area contributed by atoms with E-state index in [4.69, 9.17) is 5.11 Å². The van der Waals surface area contributed by atoms with Crippen molar-refractivity contribution in [2.45, 2.75) is 34.3 Å². The third-order valence-corrected chi connectivity index (χ3v) is 3.02. The lowest BCUT2D eigenvalue weighted by molar-refractivity contribution is 0.276. The van der Waals surface area contributed by atoms with E-state index >= 15 is 0 Å². The molecule has 20 heavy (non-hydrogen) atoms. The molecule has 0 aliphatic rings. The van der Waals surface area contributed by atoms with Gasteiger partial charge in [0, 0.05) is 5.56 Å². The molecule has 3 heteroatoms. The summed E-state index contributed by atoms with van der Waals surface area (Å²) in [5.41, 5.74) is 3.92. The Labute approximate surface area is 119 Å². The Bertz CT molecular complexity index is 569. The fourth-order valence-electron chi connectivity index (χ4n) is 2.25. The standard InChI is InChI=1S/C15H15FO2.C2H6/c1-9-5-13(18)6-10(2)15(9)11-3-4-14(16)12(7-11)8-17;1-2/h3-7,17-18H,8H2,1-2H3;1-2H3. The summed E-state index contributed by atoms with van der Waals surface area (Å²) in [6.07, 6.45) is 0. The van der Waals surface area contributed by atoms with E-state index in [2.05, 4.69) is 0 Å². The predicted molar refractivity (Wildman–Crippen MR) is 80.2 cm³/mol. The smallest absolute Gasteiger partial charge is 0.128 e. The second kappa shape index (κ2) is 7.06. The van der Waals surface area contributed by atoms with Crippen molar-refractivity contribution in [3.05, 3.63) is 52.8 Å². The maximum absolute atomic E-state index is 13.4. The molecule has 2 rings (SSSR count). The summed E-state index contributed by atoms with van der Waals surface area (Å²) >= 11 is 0. The molecule has 0 spiro atoms. The number of aliphatic hydroxyl groups is 1. The summed E-state index contributed by atoms with van der Waals surface area (Å²) < 4.78 is 13.4. The van der Waals surface area contributed by atoms with Crippen LogP contribution in [0, 0.1) is 19.7 Å². The van der Waals surface area contributed by atoms with Crippen LogP contribution in [0.3, 0.4) is 0 Å². The van der Waals surface area contributed by atoms with E-state index < -0.39 is 5.82 Å². The van der Waals surface area contributed by atoms with Crippen molar-refractivity contribution in [1.82, 2.24) is 0 Å². The highest BCUT2D eigenvalue weighted by atomic mass is 19.1. The van der Waals surface area contributed by atoms with E-state index in [0.717, 1.165) is 22.3 Å². The van der Waals surface area contributed by atoms with Crippen molar-refractivity contribution >= 4 is 0 Å². The highest BCUT2D eigenvalue weighted by molar-refractivity contribution is 5.72. The summed E-state index contributed by atoms with van der Waals surface area (Å²) in [4.78, 5) is 0. The number of hydrogen-bond acceptors (Lipinski definition) is 2. The Hall–Kier alpha value is -1.87. The molecule has 0 aliphatic carbocycles. The van der Waals surface area contributed by atoms with E-state index in [0.29, 0.717) is 0 Å². The minimum absolute atomic E-state index is 0.221. The minimum atomic E-state index is -0.407. The fourth-order valence-corrected chi connectivity index (χ4v) is 2.25. The number of phenols is 1. The summed E-state index contributed by atoms with van der Waals surface area (Å²) in [5, 5.41) is 18.6. The SMILES string of the molecule is CC.Cc1cc(O)cc(C)c1-c1ccc(F)c(CO)c1. The van der Waals surface area contributed by atoms with Crippen molar-refractivity contribution in [3.8, 4) is 16.9 Å². The van der Waals surface area contributed by atoms with Crippen LogP contribution in [-0.2, 0) is 6.61 Å². The first kappa shape index (κ1) is 16.2. The van der Waals surface area contributed by atoms with Crippen LogP contribution < -0.4 is 0 Å². The van der Waals surface area contributed by atoms with Crippen LogP contribution in [0.4, 0.5) is 4.39 Å².